The summed E-state index contributed by atoms with van der Waals surface area (Å²) in [7, 11) is 0. The van der Waals surface area contributed by atoms with Crippen LogP contribution >= 0.6 is 15.9 Å². The Labute approximate surface area is 120 Å². The Kier molecular flexibility index (Phi) is 3.99. The highest BCUT2D eigenvalue weighted by Crippen LogP contribution is 2.24. The van der Waals surface area contributed by atoms with Gasteiger partial charge < -0.3 is 10.4 Å². The summed E-state index contributed by atoms with van der Waals surface area (Å²) in [5, 5.41) is 11.8. The quantitative estimate of drug-likeness (QED) is 0.813. The predicted molar refractivity (Wildman–Crippen MR) is 70.1 cm³/mol. The maximum absolute atomic E-state index is 13.0. The summed E-state index contributed by atoms with van der Waals surface area (Å²) in [6.07, 6.45) is 0. The molecule has 2 aromatic rings. The molecule has 3 nitrogen and oxygen atoms in total. The molecule has 0 atom stereocenters. The van der Waals surface area contributed by atoms with Crippen molar-refractivity contribution >= 4 is 27.5 Å². The van der Waals surface area contributed by atoms with E-state index in [1.807, 2.05) is 0 Å². The van der Waals surface area contributed by atoms with Gasteiger partial charge in [0.05, 0.1) is 5.56 Å². The lowest BCUT2D eigenvalue weighted by atomic mass is 10.2. The molecule has 20 heavy (non-hydrogen) atoms. The number of carbonyl (C=O) groups is 1. The molecule has 1 amide bonds. The standard InChI is InChI=1S/C13H7BrF3NO2/c14-6-1-2-8(11(19)3-6)13(20)18-7-4-9(15)12(17)10(16)5-7/h1-5,19H,(H,18,20). The van der Waals surface area contributed by atoms with Crippen LogP contribution in [0.5, 0.6) is 5.75 Å². The van der Waals surface area contributed by atoms with Crippen molar-refractivity contribution in [2.24, 2.45) is 0 Å². The highest BCUT2D eigenvalue weighted by molar-refractivity contribution is 9.10. The van der Waals surface area contributed by atoms with Crippen LogP contribution in [-0.4, -0.2) is 11.0 Å². The van der Waals surface area contributed by atoms with Crippen molar-refractivity contribution < 1.29 is 23.1 Å². The van der Waals surface area contributed by atoms with Crippen LogP contribution in [-0.2, 0) is 0 Å². The molecule has 104 valence electrons. The van der Waals surface area contributed by atoms with Gasteiger partial charge in [0.2, 0.25) is 0 Å². The van der Waals surface area contributed by atoms with Crippen LogP contribution in [0.25, 0.3) is 0 Å². The minimum Gasteiger partial charge on any atom is -0.507 e. The van der Waals surface area contributed by atoms with Crippen molar-refractivity contribution in [1.29, 1.82) is 0 Å². The number of aromatic hydroxyl groups is 1. The smallest absolute Gasteiger partial charge is 0.259 e. The topological polar surface area (TPSA) is 49.3 Å². The third-order valence-corrected chi connectivity index (χ3v) is 2.94. The third kappa shape index (κ3) is 2.93. The number of rotatable bonds is 2. The second-order valence-corrected chi connectivity index (χ2v) is 4.79. The molecule has 2 N–H and O–H groups in total. The number of amides is 1. The fraction of sp³-hybridized carbons (Fsp3) is 0. The number of carbonyl (C=O) groups excluding carboxylic acids is 1. The van der Waals surface area contributed by atoms with Crippen molar-refractivity contribution in [3.8, 4) is 5.75 Å². The first-order valence-electron chi connectivity index (χ1n) is 5.33. The van der Waals surface area contributed by atoms with Gasteiger partial charge >= 0.3 is 0 Å². The van der Waals surface area contributed by atoms with Crippen LogP contribution in [0, 0.1) is 17.5 Å². The van der Waals surface area contributed by atoms with Crippen LogP contribution < -0.4 is 5.32 Å². The van der Waals surface area contributed by atoms with E-state index in [2.05, 4.69) is 21.2 Å². The molecule has 0 saturated heterocycles. The van der Waals surface area contributed by atoms with Crippen molar-refractivity contribution in [1.82, 2.24) is 0 Å². The molecule has 0 radical (unpaired) electrons. The van der Waals surface area contributed by atoms with Crippen LogP contribution in [0.15, 0.2) is 34.8 Å². The number of nitrogens with one attached hydrogen (secondary N) is 1. The molecule has 7 heteroatoms. The average Bonchev–Trinajstić information content (AvgIpc) is 2.35. The van der Waals surface area contributed by atoms with Gasteiger partial charge in [0, 0.05) is 22.3 Å². The Morgan fingerprint density at radius 3 is 2.25 bits per heavy atom. The number of hydrogen-bond donors (Lipinski definition) is 2. The SMILES string of the molecule is O=C(Nc1cc(F)c(F)c(F)c1)c1ccc(Br)cc1O. The minimum atomic E-state index is -1.62. The van der Waals surface area contributed by atoms with E-state index in [-0.39, 0.29) is 17.0 Å². The predicted octanol–water partition coefficient (Wildman–Crippen LogP) is 3.82. The van der Waals surface area contributed by atoms with Gasteiger partial charge in [-0.2, -0.15) is 0 Å². The zero-order chi connectivity index (χ0) is 14.9. The van der Waals surface area contributed by atoms with Crippen molar-refractivity contribution in [2.75, 3.05) is 5.32 Å². The fourth-order valence-corrected chi connectivity index (χ4v) is 1.87. The normalized spacial score (nSPS) is 10.4. The highest BCUT2D eigenvalue weighted by Gasteiger charge is 2.15. The monoisotopic (exact) mass is 345 g/mol. The van der Waals surface area contributed by atoms with E-state index in [0.29, 0.717) is 16.6 Å². The van der Waals surface area contributed by atoms with Crippen molar-refractivity contribution in [2.45, 2.75) is 0 Å². The minimum absolute atomic E-state index is 0.0849. The summed E-state index contributed by atoms with van der Waals surface area (Å²) >= 11 is 3.11. The summed E-state index contributed by atoms with van der Waals surface area (Å²) < 4.78 is 39.3. The van der Waals surface area contributed by atoms with Crippen molar-refractivity contribution in [3.63, 3.8) is 0 Å². The Bertz CT molecular complexity index is 668. The fourth-order valence-electron chi connectivity index (χ4n) is 1.52. The lowest BCUT2D eigenvalue weighted by Crippen LogP contribution is -2.12. The van der Waals surface area contributed by atoms with Gasteiger partial charge in [0.25, 0.3) is 5.91 Å². The zero-order valence-corrected chi connectivity index (χ0v) is 11.3. The maximum atomic E-state index is 13.0. The lowest BCUT2D eigenvalue weighted by Gasteiger charge is -2.08. The molecule has 2 rings (SSSR count). The van der Waals surface area contributed by atoms with E-state index in [1.165, 1.54) is 18.2 Å². The third-order valence-electron chi connectivity index (χ3n) is 2.45. The van der Waals surface area contributed by atoms with E-state index < -0.39 is 23.4 Å². The molecule has 0 heterocycles. The van der Waals surface area contributed by atoms with Gasteiger partial charge in [-0.05, 0) is 18.2 Å². The Balaban J connectivity index is 2.28. The Morgan fingerprint density at radius 1 is 1.10 bits per heavy atom. The molecule has 0 aromatic heterocycles. The largest absolute Gasteiger partial charge is 0.507 e. The van der Waals surface area contributed by atoms with Gasteiger partial charge in [-0.3, -0.25) is 4.79 Å². The summed E-state index contributed by atoms with van der Waals surface area (Å²) in [4.78, 5) is 11.8. The van der Waals surface area contributed by atoms with Gasteiger partial charge in [-0.25, -0.2) is 13.2 Å². The van der Waals surface area contributed by atoms with E-state index in [4.69, 9.17) is 0 Å². The average molecular weight is 346 g/mol. The molecule has 0 spiro atoms. The zero-order valence-electron chi connectivity index (χ0n) is 9.75. The van der Waals surface area contributed by atoms with Gasteiger partial charge in [-0.1, -0.05) is 15.9 Å². The molecule has 0 aliphatic heterocycles. The van der Waals surface area contributed by atoms with Gasteiger partial charge in [0.1, 0.15) is 5.75 Å². The van der Waals surface area contributed by atoms with Gasteiger partial charge in [0.15, 0.2) is 17.5 Å². The molecular weight excluding hydrogens is 339 g/mol. The van der Waals surface area contributed by atoms with E-state index >= 15 is 0 Å². The molecule has 2 aromatic carbocycles. The lowest BCUT2D eigenvalue weighted by molar-refractivity contribution is 0.102. The summed E-state index contributed by atoms with van der Waals surface area (Å²) in [6.45, 7) is 0. The van der Waals surface area contributed by atoms with Crippen LogP contribution in [0.1, 0.15) is 10.4 Å². The Hall–Kier alpha value is -2.02. The maximum Gasteiger partial charge on any atom is 0.259 e. The number of phenolic OH excluding ortho intramolecular Hbond substituents is 1. The number of hydrogen-bond acceptors (Lipinski definition) is 2. The van der Waals surface area contributed by atoms with Crippen molar-refractivity contribution in [3.05, 3.63) is 57.8 Å². The highest BCUT2D eigenvalue weighted by atomic mass is 79.9. The number of benzene rings is 2. The summed E-state index contributed by atoms with van der Waals surface area (Å²) in [6, 6.07) is 5.42. The van der Waals surface area contributed by atoms with Crippen LogP contribution in [0.3, 0.4) is 0 Å². The molecule has 0 aliphatic carbocycles. The number of phenols is 1. The van der Waals surface area contributed by atoms with E-state index in [9.17, 15) is 23.1 Å². The second-order valence-electron chi connectivity index (χ2n) is 3.87. The van der Waals surface area contributed by atoms with E-state index in [1.54, 1.807) is 0 Å². The second kappa shape index (κ2) is 5.54. The molecule has 0 unspecified atom stereocenters. The molecule has 0 bridgehead atoms. The first kappa shape index (κ1) is 14.4. The number of anilines is 1. The summed E-state index contributed by atoms with van der Waals surface area (Å²) in [5.74, 6) is -5.53. The molecule has 0 saturated carbocycles. The summed E-state index contributed by atoms with van der Waals surface area (Å²) in [5.41, 5.74) is -0.341. The molecule has 0 aliphatic rings. The first-order valence-corrected chi connectivity index (χ1v) is 6.12. The number of halogens is 4. The Morgan fingerprint density at radius 2 is 1.70 bits per heavy atom. The van der Waals surface area contributed by atoms with Gasteiger partial charge in [-0.15, -0.1) is 0 Å². The molecular formula is C13H7BrF3NO2. The first-order chi connectivity index (χ1) is 9.38. The van der Waals surface area contributed by atoms with Crippen LogP contribution in [0.4, 0.5) is 18.9 Å². The molecule has 0 fully saturated rings. The van der Waals surface area contributed by atoms with E-state index in [0.717, 1.165) is 0 Å². The van der Waals surface area contributed by atoms with Crippen LogP contribution in [0.2, 0.25) is 0 Å².